The first-order valence-corrected chi connectivity index (χ1v) is 8.67. The summed E-state index contributed by atoms with van der Waals surface area (Å²) in [6.07, 6.45) is -4.64. The fourth-order valence-corrected chi connectivity index (χ4v) is 2.97. The highest BCUT2D eigenvalue weighted by Gasteiger charge is 2.36. The van der Waals surface area contributed by atoms with Crippen LogP contribution in [0.2, 0.25) is 0 Å². The highest BCUT2D eigenvalue weighted by molar-refractivity contribution is 9.10. The number of anilines is 1. The van der Waals surface area contributed by atoms with Crippen LogP contribution < -0.4 is 10.1 Å². The van der Waals surface area contributed by atoms with E-state index in [-0.39, 0.29) is 21.5 Å². The molecule has 0 atom stereocenters. The van der Waals surface area contributed by atoms with E-state index < -0.39 is 17.8 Å². The molecule has 1 N–H and O–H groups in total. The van der Waals surface area contributed by atoms with Gasteiger partial charge in [0.25, 0.3) is 5.91 Å². The van der Waals surface area contributed by atoms with Crippen LogP contribution in [0.4, 0.5) is 18.9 Å². The fourth-order valence-electron chi connectivity index (χ4n) is 2.45. The van der Waals surface area contributed by atoms with E-state index in [1.165, 1.54) is 6.92 Å². The number of halogens is 4. The highest BCUT2D eigenvalue weighted by Crippen LogP contribution is 2.32. The molecule has 0 spiro atoms. The first kappa shape index (κ1) is 19.2. The molecule has 0 saturated heterocycles. The molecule has 27 heavy (non-hydrogen) atoms. The van der Waals surface area contributed by atoms with Crippen molar-refractivity contribution in [1.82, 2.24) is 14.6 Å². The molecule has 0 unspecified atom stereocenters. The topological polar surface area (TPSA) is 68.5 Å². The molecule has 142 valence electrons. The van der Waals surface area contributed by atoms with E-state index in [0.29, 0.717) is 22.6 Å². The molecule has 3 aromatic rings. The van der Waals surface area contributed by atoms with E-state index in [9.17, 15) is 18.0 Å². The van der Waals surface area contributed by atoms with Crippen LogP contribution in [0.15, 0.2) is 34.8 Å². The summed E-state index contributed by atoms with van der Waals surface area (Å²) in [6.45, 7) is 3.80. The monoisotopic (exact) mass is 442 g/mol. The third-order valence-electron chi connectivity index (χ3n) is 3.59. The van der Waals surface area contributed by atoms with Crippen LogP contribution in [0.25, 0.3) is 5.65 Å². The number of ether oxygens (including phenoxy) is 1. The zero-order valence-electron chi connectivity index (χ0n) is 14.3. The highest BCUT2D eigenvalue weighted by atomic mass is 79.9. The third kappa shape index (κ3) is 3.90. The van der Waals surface area contributed by atoms with E-state index in [1.54, 1.807) is 24.3 Å². The Labute approximate surface area is 160 Å². The molecule has 1 amide bonds. The largest absolute Gasteiger partial charge is 0.494 e. The summed E-state index contributed by atoms with van der Waals surface area (Å²) in [4.78, 5) is 16.6. The van der Waals surface area contributed by atoms with Gasteiger partial charge in [-0.25, -0.2) is 9.50 Å². The van der Waals surface area contributed by atoms with Gasteiger partial charge in [-0.3, -0.25) is 4.79 Å². The second-order valence-corrected chi connectivity index (χ2v) is 6.38. The molecule has 0 bridgehead atoms. The van der Waals surface area contributed by atoms with Crippen LogP contribution in [0.3, 0.4) is 0 Å². The number of aromatic nitrogens is 3. The Kier molecular flexibility index (Phi) is 5.09. The van der Waals surface area contributed by atoms with Crippen molar-refractivity contribution in [2.45, 2.75) is 20.0 Å². The van der Waals surface area contributed by atoms with Crippen LogP contribution in [-0.2, 0) is 6.18 Å². The Hall–Kier alpha value is -2.62. The standard InChI is InChI=1S/C17H14BrF3N4O2/c1-3-27-11-6-4-10(5-7-11)23-16(26)14-13(18)15-22-9(2)8-12(17(19,20)21)25(15)24-14/h4-8H,3H2,1-2H3,(H,23,26). The molecule has 2 aromatic heterocycles. The number of rotatable bonds is 4. The minimum Gasteiger partial charge on any atom is -0.494 e. The summed E-state index contributed by atoms with van der Waals surface area (Å²) in [5.41, 5.74) is -0.682. The van der Waals surface area contributed by atoms with E-state index in [2.05, 4.69) is 31.3 Å². The normalized spacial score (nSPS) is 11.6. The number of benzene rings is 1. The van der Waals surface area contributed by atoms with Gasteiger partial charge in [0.2, 0.25) is 0 Å². The van der Waals surface area contributed by atoms with Gasteiger partial charge in [0.1, 0.15) is 11.4 Å². The van der Waals surface area contributed by atoms with Crippen molar-refractivity contribution in [1.29, 1.82) is 0 Å². The van der Waals surface area contributed by atoms with Crippen molar-refractivity contribution in [3.05, 3.63) is 51.9 Å². The summed E-state index contributed by atoms with van der Waals surface area (Å²) >= 11 is 3.14. The predicted molar refractivity (Wildman–Crippen MR) is 96.0 cm³/mol. The SMILES string of the molecule is CCOc1ccc(NC(=O)c2nn3c(C(F)(F)F)cc(C)nc3c2Br)cc1. The maximum atomic E-state index is 13.3. The Morgan fingerprint density at radius 3 is 2.56 bits per heavy atom. The molecule has 0 aliphatic carbocycles. The molecule has 0 fully saturated rings. The summed E-state index contributed by atoms with van der Waals surface area (Å²) in [5, 5.41) is 6.41. The predicted octanol–water partition coefficient (Wildman–Crippen LogP) is 4.47. The molecule has 0 radical (unpaired) electrons. The van der Waals surface area contributed by atoms with Gasteiger partial charge in [-0.15, -0.1) is 0 Å². The molecule has 10 heteroatoms. The molecular weight excluding hydrogens is 429 g/mol. The maximum absolute atomic E-state index is 13.3. The molecule has 1 aromatic carbocycles. The van der Waals surface area contributed by atoms with Crippen LogP contribution in [-0.4, -0.2) is 27.1 Å². The van der Waals surface area contributed by atoms with Crippen LogP contribution in [0.1, 0.15) is 28.8 Å². The Morgan fingerprint density at radius 2 is 1.96 bits per heavy atom. The Bertz CT molecular complexity index is 1000. The van der Waals surface area contributed by atoms with Gasteiger partial charge in [-0.1, -0.05) is 0 Å². The molecule has 0 aliphatic rings. The molecule has 3 rings (SSSR count). The number of amides is 1. The quantitative estimate of drug-likeness (QED) is 0.646. The van der Waals surface area contributed by atoms with Crippen molar-refractivity contribution in [2.75, 3.05) is 11.9 Å². The lowest BCUT2D eigenvalue weighted by atomic mass is 10.3. The molecular formula is C17H14BrF3N4O2. The van der Waals surface area contributed by atoms with Crippen molar-refractivity contribution < 1.29 is 22.7 Å². The zero-order chi connectivity index (χ0) is 19.8. The summed E-state index contributed by atoms with van der Waals surface area (Å²) in [6, 6.07) is 7.46. The summed E-state index contributed by atoms with van der Waals surface area (Å²) < 4.78 is 45.8. The lowest BCUT2D eigenvalue weighted by Gasteiger charge is -2.09. The second kappa shape index (κ2) is 7.18. The van der Waals surface area contributed by atoms with Crippen molar-refractivity contribution in [2.24, 2.45) is 0 Å². The van der Waals surface area contributed by atoms with Crippen LogP contribution >= 0.6 is 15.9 Å². The zero-order valence-corrected chi connectivity index (χ0v) is 15.8. The average molecular weight is 443 g/mol. The van der Waals surface area contributed by atoms with Crippen molar-refractivity contribution in [3.63, 3.8) is 0 Å². The molecule has 2 heterocycles. The number of hydrogen-bond donors (Lipinski definition) is 1. The summed E-state index contributed by atoms with van der Waals surface area (Å²) in [7, 11) is 0. The number of fused-ring (bicyclic) bond motifs is 1. The first-order valence-electron chi connectivity index (χ1n) is 7.88. The number of aryl methyl sites for hydroxylation is 1. The number of carbonyl (C=O) groups is 1. The average Bonchev–Trinajstić information content (AvgIpc) is 2.92. The molecule has 0 aliphatic heterocycles. The maximum Gasteiger partial charge on any atom is 0.433 e. The first-order chi connectivity index (χ1) is 12.7. The van der Waals surface area contributed by atoms with Crippen LogP contribution in [0.5, 0.6) is 5.75 Å². The molecule has 6 nitrogen and oxygen atoms in total. The Balaban J connectivity index is 1.96. The van der Waals surface area contributed by atoms with E-state index in [1.807, 2.05) is 6.92 Å². The van der Waals surface area contributed by atoms with E-state index in [0.717, 1.165) is 6.07 Å². The van der Waals surface area contributed by atoms with Crippen LogP contribution in [0, 0.1) is 6.92 Å². The Morgan fingerprint density at radius 1 is 1.30 bits per heavy atom. The number of hydrogen-bond acceptors (Lipinski definition) is 4. The minimum absolute atomic E-state index is 0.0835. The number of carbonyl (C=O) groups excluding carboxylic acids is 1. The van der Waals surface area contributed by atoms with Gasteiger partial charge in [0, 0.05) is 11.4 Å². The third-order valence-corrected chi connectivity index (χ3v) is 4.32. The minimum atomic E-state index is -4.64. The van der Waals surface area contributed by atoms with Gasteiger partial charge in [-0.05, 0) is 60.1 Å². The number of nitrogens with one attached hydrogen (secondary N) is 1. The van der Waals surface area contributed by atoms with E-state index in [4.69, 9.17) is 4.74 Å². The smallest absolute Gasteiger partial charge is 0.433 e. The number of alkyl halides is 3. The number of nitrogens with zero attached hydrogens (tertiary/aromatic N) is 3. The lowest BCUT2D eigenvalue weighted by Crippen LogP contribution is -2.15. The second-order valence-electron chi connectivity index (χ2n) is 5.59. The van der Waals surface area contributed by atoms with Gasteiger partial charge in [-0.2, -0.15) is 18.3 Å². The van der Waals surface area contributed by atoms with Gasteiger partial charge >= 0.3 is 6.18 Å². The van der Waals surface area contributed by atoms with Crippen molar-refractivity contribution in [3.8, 4) is 5.75 Å². The van der Waals surface area contributed by atoms with Gasteiger partial charge in [0.15, 0.2) is 11.3 Å². The van der Waals surface area contributed by atoms with Gasteiger partial charge < -0.3 is 10.1 Å². The van der Waals surface area contributed by atoms with Gasteiger partial charge in [0.05, 0.1) is 11.1 Å². The lowest BCUT2D eigenvalue weighted by molar-refractivity contribution is -0.142. The molecule has 0 saturated carbocycles. The van der Waals surface area contributed by atoms with Crippen molar-refractivity contribution >= 4 is 33.2 Å². The summed E-state index contributed by atoms with van der Waals surface area (Å²) in [5.74, 6) is -0.0267. The fraction of sp³-hybridized carbons (Fsp3) is 0.235. The van der Waals surface area contributed by atoms with E-state index >= 15 is 0 Å².